The topological polar surface area (TPSA) is 49.4 Å². The molecule has 0 saturated carbocycles. The molecule has 1 unspecified atom stereocenters. The van der Waals surface area contributed by atoms with Crippen molar-refractivity contribution in [3.63, 3.8) is 0 Å². The number of hydrogen-bond donors (Lipinski definition) is 1. The fourth-order valence-corrected chi connectivity index (χ4v) is 4.55. The van der Waals surface area contributed by atoms with Gasteiger partial charge in [-0.2, -0.15) is 4.31 Å². The van der Waals surface area contributed by atoms with Crippen LogP contribution in [0.3, 0.4) is 0 Å². The van der Waals surface area contributed by atoms with Crippen molar-refractivity contribution >= 4 is 37.6 Å². The van der Waals surface area contributed by atoms with Gasteiger partial charge in [-0.1, -0.05) is 11.6 Å². The van der Waals surface area contributed by atoms with Crippen molar-refractivity contribution in [2.24, 2.45) is 0 Å². The molecule has 0 bridgehead atoms. The molecule has 0 aliphatic carbocycles. The van der Waals surface area contributed by atoms with Crippen molar-refractivity contribution in [2.75, 3.05) is 20.1 Å². The molecule has 1 fully saturated rings. The Morgan fingerprint density at radius 2 is 2.26 bits per heavy atom. The number of hydrogen-bond acceptors (Lipinski definition) is 3. The van der Waals surface area contributed by atoms with Crippen molar-refractivity contribution in [1.29, 1.82) is 0 Å². The molecule has 7 heteroatoms. The Kier molecular flexibility index (Phi) is 4.89. The smallest absolute Gasteiger partial charge is 0.243 e. The standard InChI is InChI=1S/C12H16BrClN2O2S/c1-15-8-9-3-2-6-16(9)19(17,18)10-4-5-11(13)12(14)7-10/h4-5,7,9,15H,2-3,6,8H2,1H3. The highest BCUT2D eigenvalue weighted by Gasteiger charge is 2.34. The van der Waals surface area contributed by atoms with Gasteiger partial charge in [-0.15, -0.1) is 0 Å². The Hall–Kier alpha value is -0.140. The number of benzene rings is 1. The first-order valence-electron chi connectivity index (χ1n) is 6.08. The van der Waals surface area contributed by atoms with E-state index in [0.717, 1.165) is 12.8 Å². The van der Waals surface area contributed by atoms with Gasteiger partial charge < -0.3 is 5.32 Å². The number of nitrogens with zero attached hydrogens (tertiary/aromatic N) is 1. The number of likely N-dealkylation sites (N-methyl/N-ethyl adjacent to an activating group) is 1. The third kappa shape index (κ3) is 3.13. The minimum Gasteiger partial charge on any atom is -0.318 e. The summed E-state index contributed by atoms with van der Waals surface area (Å²) in [6.45, 7) is 1.24. The largest absolute Gasteiger partial charge is 0.318 e. The molecular formula is C12H16BrClN2O2S. The lowest BCUT2D eigenvalue weighted by Gasteiger charge is -2.24. The first-order chi connectivity index (χ1) is 8.96. The van der Waals surface area contributed by atoms with Gasteiger partial charge in [-0.25, -0.2) is 8.42 Å². The highest BCUT2D eigenvalue weighted by molar-refractivity contribution is 9.10. The summed E-state index contributed by atoms with van der Waals surface area (Å²) in [5, 5.41) is 3.45. The fourth-order valence-electron chi connectivity index (χ4n) is 2.34. The summed E-state index contributed by atoms with van der Waals surface area (Å²) >= 11 is 9.25. The molecule has 0 aromatic heterocycles. The zero-order valence-electron chi connectivity index (χ0n) is 10.6. The first-order valence-corrected chi connectivity index (χ1v) is 8.69. The second kappa shape index (κ2) is 6.10. The fraction of sp³-hybridized carbons (Fsp3) is 0.500. The highest BCUT2D eigenvalue weighted by Crippen LogP contribution is 2.30. The molecule has 106 valence electrons. The van der Waals surface area contributed by atoms with Crippen LogP contribution in [-0.2, 0) is 10.0 Å². The maximum atomic E-state index is 12.6. The maximum Gasteiger partial charge on any atom is 0.243 e. The van der Waals surface area contributed by atoms with Crippen LogP contribution >= 0.6 is 27.5 Å². The van der Waals surface area contributed by atoms with Crippen LogP contribution in [0.1, 0.15) is 12.8 Å². The molecule has 1 aromatic rings. The molecule has 0 radical (unpaired) electrons. The summed E-state index contributed by atoms with van der Waals surface area (Å²) in [4.78, 5) is 0.253. The third-order valence-corrected chi connectivity index (χ3v) is 6.44. The van der Waals surface area contributed by atoms with Crippen molar-refractivity contribution in [1.82, 2.24) is 9.62 Å². The second-order valence-corrected chi connectivity index (χ2v) is 7.70. The van der Waals surface area contributed by atoms with E-state index >= 15 is 0 Å². The van der Waals surface area contributed by atoms with E-state index in [1.54, 1.807) is 16.4 Å². The summed E-state index contributed by atoms with van der Waals surface area (Å²) in [5.74, 6) is 0. The monoisotopic (exact) mass is 366 g/mol. The van der Waals surface area contributed by atoms with Crippen molar-refractivity contribution in [2.45, 2.75) is 23.8 Å². The van der Waals surface area contributed by atoms with Gasteiger partial charge in [0.05, 0.1) is 9.92 Å². The van der Waals surface area contributed by atoms with Crippen LogP contribution in [0.15, 0.2) is 27.6 Å². The maximum absolute atomic E-state index is 12.6. The number of rotatable bonds is 4. The van der Waals surface area contributed by atoms with Gasteiger partial charge in [0, 0.05) is 23.6 Å². The first kappa shape index (κ1) is 15.3. The molecule has 1 aliphatic rings. The van der Waals surface area contributed by atoms with E-state index in [-0.39, 0.29) is 10.9 Å². The molecule has 1 aliphatic heterocycles. The molecule has 1 N–H and O–H groups in total. The van der Waals surface area contributed by atoms with E-state index in [1.165, 1.54) is 6.07 Å². The van der Waals surface area contributed by atoms with Gasteiger partial charge in [-0.05, 0) is 54.0 Å². The Balaban J connectivity index is 2.33. The van der Waals surface area contributed by atoms with Gasteiger partial charge in [0.25, 0.3) is 0 Å². The lowest BCUT2D eigenvalue weighted by Crippen LogP contribution is -2.40. The van der Waals surface area contributed by atoms with Crippen LogP contribution in [0.5, 0.6) is 0 Å². The van der Waals surface area contributed by atoms with Crippen LogP contribution in [0.2, 0.25) is 5.02 Å². The number of sulfonamides is 1. The zero-order chi connectivity index (χ0) is 14.0. The molecule has 4 nitrogen and oxygen atoms in total. The highest BCUT2D eigenvalue weighted by atomic mass is 79.9. The summed E-state index contributed by atoms with van der Waals surface area (Å²) in [6, 6.07) is 4.77. The van der Waals surface area contributed by atoms with Crippen molar-refractivity contribution in [3.05, 3.63) is 27.7 Å². The minimum atomic E-state index is -3.46. The average molecular weight is 368 g/mol. The Morgan fingerprint density at radius 3 is 2.89 bits per heavy atom. The Labute approximate surface area is 127 Å². The van der Waals surface area contributed by atoms with Crippen LogP contribution in [-0.4, -0.2) is 38.9 Å². The SMILES string of the molecule is CNCC1CCCN1S(=O)(=O)c1ccc(Br)c(Cl)c1. The molecule has 2 rings (SSSR count). The second-order valence-electron chi connectivity index (χ2n) is 4.55. The molecule has 0 spiro atoms. The lowest BCUT2D eigenvalue weighted by molar-refractivity contribution is 0.379. The summed E-state index contributed by atoms with van der Waals surface area (Å²) < 4.78 is 27.5. The van der Waals surface area contributed by atoms with Gasteiger partial charge in [-0.3, -0.25) is 0 Å². The third-order valence-electron chi connectivity index (χ3n) is 3.26. The number of nitrogens with one attached hydrogen (secondary N) is 1. The summed E-state index contributed by atoms with van der Waals surface area (Å²) in [6.07, 6.45) is 1.79. The van der Waals surface area contributed by atoms with Gasteiger partial charge >= 0.3 is 0 Å². The quantitative estimate of drug-likeness (QED) is 0.889. The van der Waals surface area contributed by atoms with Crippen molar-refractivity contribution in [3.8, 4) is 0 Å². The van der Waals surface area contributed by atoms with Crippen LogP contribution in [0.25, 0.3) is 0 Å². The molecule has 1 saturated heterocycles. The van der Waals surface area contributed by atoms with E-state index in [0.29, 0.717) is 22.6 Å². The van der Waals surface area contributed by atoms with Gasteiger partial charge in [0.15, 0.2) is 0 Å². The molecule has 1 aromatic carbocycles. The summed E-state index contributed by atoms with van der Waals surface area (Å²) in [7, 11) is -1.63. The Bertz CT molecular complexity index is 565. The van der Waals surface area contributed by atoms with Crippen LogP contribution < -0.4 is 5.32 Å². The van der Waals surface area contributed by atoms with Gasteiger partial charge in [0.1, 0.15) is 0 Å². The predicted molar refractivity (Wildman–Crippen MR) is 80.0 cm³/mol. The number of halogens is 2. The zero-order valence-corrected chi connectivity index (χ0v) is 13.7. The molecule has 1 heterocycles. The van der Waals surface area contributed by atoms with E-state index < -0.39 is 10.0 Å². The Morgan fingerprint density at radius 1 is 1.53 bits per heavy atom. The van der Waals surface area contributed by atoms with E-state index in [4.69, 9.17) is 11.6 Å². The average Bonchev–Trinajstić information content (AvgIpc) is 2.82. The van der Waals surface area contributed by atoms with E-state index in [2.05, 4.69) is 21.2 Å². The van der Waals surface area contributed by atoms with Gasteiger partial charge in [0.2, 0.25) is 10.0 Å². The summed E-state index contributed by atoms with van der Waals surface area (Å²) in [5.41, 5.74) is 0. The minimum absolute atomic E-state index is 0.0254. The van der Waals surface area contributed by atoms with Crippen LogP contribution in [0, 0.1) is 0 Å². The predicted octanol–water partition coefficient (Wildman–Crippen LogP) is 2.48. The van der Waals surface area contributed by atoms with E-state index in [1.807, 2.05) is 7.05 Å². The lowest BCUT2D eigenvalue weighted by atomic mass is 10.2. The van der Waals surface area contributed by atoms with E-state index in [9.17, 15) is 8.42 Å². The van der Waals surface area contributed by atoms with Crippen LogP contribution in [0.4, 0.5) is 0 Å². The van der Waals surface area contributed by atoms with Crippen molar-refractivity contribution < 1.29 is 8.42 Å². The molecular weight excluding hydrogens is 352 g/mol. The normalized spacial score (nSPS) is 20.9. The molecule has 0 amide bonds. The molecule has 1 atom stereocenters. The molecule has 19 heavy (non-hydrogen) atoms.